The number of thiocarbonyl (C=S) groups is 1. The molecule has 3 atom stereocenters. The Hall–Kier alpha value is -0.940. The van der Waals surface area contributed by atoms with Crippen molar-refractivity contribution in [2.75, 3.05) is 6.26 Å². The van der Waals surface area contributed by atoms with Gasteiger partial charge in [-0.25, -0.2) is 8.42 Å². The Morgan fingerprint density at radius 3 is 2.22 bits per heavy atom. The maximum Gasteiger partial charge on any atom is 0.151 e. The number of nitrogens with two attached hydrogens (primary N) is 1. The second-order valence-electron chi connectivity index (χ2n) is 4.84. The predicted octanol–water partition coefficient (Wildman–Crippen LogP) is 1.66. The van der Waals surface area contributed by atoms with Gasteiger partial charge in [0.05, 0.1) is 10.2 Å². The molecule has 1 aliphatic rings. The highest BCUT2D eigenvalue weighted by atomic mass is 32.2. The van der Waals surface area contributed by atoms with E-state index in [1.54, 1.807) is 0 Å². The molecular formula is C13H17NO2S2. The van der Waals surface area contributed by atoms with Gasteiger partial charge in [0, 0.05) is 18.1 Å². The monoisotopic (exact) mass is 283 g/mol. The Labute approximate surface area is 113 Å². The van der Waals surface area contributed by atoms with Crippen LogP contribution in [0.5, 0.6) is 0 Å². The average molecular weight is 283 g/mol. The molecule has 0 amide bonds. The van der Waals surface area contributed by atoms with E-state index in [-0.39, 0.29) is 11.8 Å². The van der Waals surface area contributed by atoms with E-state index in [0.717, 1.165) is 12.0 Å². The molecule has 18 heavy (non-hydrogen) atoms. The second kappa shape index (κ2) is 4.63. The molecule has 0 bridgehead atoms. The van der Waals surface area contributed by atoms with E-state index < -0.39 is 15.1 Å². The SMILES string of the molecule is CCc1ccc(C2C(C(N)=S)C2S(C)(=O)=O)cc1. The van der Waals surface area contributed by atoms with Crippen LogP contribution in [0.15, 0.2) is 24.3 Å². The van der Waals surface area contributed by atoms with E-state index in [1.807, 2.05) is 24.3 Å². The fraction of sp³-hybridized carbons (Fsp3) is 0.462. The van der Waals surface area contributed by atoms with E-state index in [2.05, 4.69) is 6.92 Å². The highest BCUT2D eigenvalue weighted by Gasteiger charge is 2.58. The van der Waals surface area contributed by atoms with Gasteiger partial charge in [-0.3, -0.25) is 0 Å². The predicted molar refractivity (Wildman–Crippen MR) is 77.5 cm³/mol. The summed E-state index contributed by atoms with van der Waals surface area (Å²) in [6.07, 6.45) is 2.22. The zero-order valence-corrected chi connectivity index (χ0v) is 12.1. The number of benzene rings is 1. The van der Waals surface area contributed by atoms with Crippen molar-refractivity contribution in [2.45, 2.75) is 24.5 Å². The lowest BCUT2D eigenvalue weighted by molar-refractivity contribution is 0.599. The van der Waals surface area contributed by atoms with Crippen LogP contribution in [0.2, 0.25) is 0 Å². The Morgan fingerprint density at radius 2 is 1.89 bits per heavy atom. The fourth-order valence-corrected chi connectivity index (χ4v) is 4.52. The summed E-state index contributed by atoms with van der Waals surface area (Å²) in [5, 5.41) is -0.442. The summed E-state index contributed by atoms with van der Waals surface area (Å²) < 4.78 is 23.4. The minimum Gasteiger partial charge on any atom is -0.393 e. The first kappa shape index (κ1) is 13.5. The first-order chi connectivity index (χ1) is 8.36. The van der Waals surface area contributed by atoms with E-state index >= 15 is 0 Å². The molecule has 1 aromatic rings. The third kappa shape index (κ3) is 2.42. The summed E-state index contributed by atoms with van der Waals surface area (Å²) in [5.74, 6) is -0.272. The molecule has 0 radical (unpaired) electrons. The largest absolute Gasteiger partial charge is 0.393 e. The van der Waals surface area contributed by atoms with Gasteiger partial charge in [0.15, 0.2) is 9.84 Å². The van der Waals surface area contributed by atoms with Gasteiger partial charge < -0.3 is 5.73 Å². The maximum atomic E-state index is 11.7. The Kier molecular flexibility index (Phi) is 3.47. The van der Waals surface area contributed by atoms with Gasteiger partial charge in [0.25, 0.3) is 0 Å². The summed E-state index contributed by atoms with van der Waals surface area (Å²) in [5.41, 5.74) is 7.89. The first-order valence-electron chi connectivity index (χ1n) is 5.93. The number of hydrogen-bond donors (Lipinski definition) is 1. The molecule has 3 nitrogen and oxygen atoms in total. The Morgan fingerprint density at radius 1 is 1.33 bits per heavy atom. The van der Waals surface area contributed by atoms with E-state index in [0.29, 0.717) is 4.99 Å². The van der Waals surface area contributed by atoms with Crippen molar-refractivity contribution < 1.29 is 8.42 Å². The topological polar surface area (TPSA) is 60.2 Å². The number of aryl methyl sites for hydroxylation is 1. The molecular weight excluding hydrogens is 266 g/mol. The second-order valence-corrected chi connectivity index (χ2v) is 7.52. The van der Waals surface area contributed by atoms with Crippen molar-refractivity contribution in [3.63, 3.8) is 0 Å². The molecule has 2 N–H and O–H groups in total. The molecule has 98 valence electrons. The highest BCUT2D eigenvalue weighted by molar-refractivity contribution is 7.91. The van der Waals surface area contributed by atoms with Gasteiger partial charge in [-0.15, -0.1) is 0 Å². The van der Waals surface area contributed by atoms with Gasteiger partial charge in [-0.05, 0) is 17.5 Å². The third-order valence-corrected chi connectivity index (χ3v) is 5.40. The number of sulfone groups is 1. The zero-order valence-electron chi connectivity index (χ0n) is 10.5. The molecule has 5 heteroatoms. The lowest BCUT2D eigenvalue weighted by Gasteiger charge is -2.01. The normalized spacial score (nSPS) is 26.9. The smallest absolute Gasteiger partial charge is 0.151 e. The first-order valence-corrected chi connectivity index (χ1v) is 8.29. The van der Waals surface area contributed by atoms with Crippen LogP contribution in [0.25, 0.3) is 0 Å². The number of rotatable bonds is 4. The lowest BCUT2D eigenvalue weighted by Crippen LogP contribution is -2.16. The Bertz CT molecular complexity index is 563. The van der Waals surface area contributed by atoms with Crippen molar-refractivity contribution in [3.8, 4) is 0 Å². The summed E-state index contributed by atoms with van der Waals surface area (Å²) in [4.78, 5) is 0.301. The van der Waals surface area contributed by atoms with Gasteiger partial charge in [0.2, 0.25) is 0 Å². The minimum absolute atomic E-state index is 0.0663. The molecule has 0 spiro atoms. The van der Waals surface area contributed by atoms with Gasteiger partial charge in [-0.2, -0.15) is 0 Å². The molecule has 0 heterocycles. The van der Waals surface area contributed by atoms with Crippen LogP contribution in [0, 0.1) is 5.92 Å². The van der Waals surface area contributed by atoms with E-state index in [4.69, 9.17) is 18.0 Å². The molecule has 1 aromatic carbocycles. The van der Waals surface area contributed by atoms with Gasteiger partial charge in [0.1, 0.15) is 0 Å². The van der Waals surface area contributed by atoms with Crippen LogP contribution in [0.3, 0.4) is 0 Å². The van der Waals surface area contributed by atoms with Crippen molar-refractivity contribution in [3.05, 3.63) is 35.4 Å². The van der Waals surface area contributed by atoms with Gasteiger partial charge in [-0.1, -0.05) is 43.4 Å². The van der Waals surface area contributed by atoms with Crippen LogP contribution in [0.1, 0.15) is 24.0 Å². The molecule has 1 saturated carbocycles. The molecule has 2 rings (SSSR count). The maximum absolute atomic E-state index is 11.7. The summed E-state index contributed by atoms with van der Waals surface area (Å²) >= 11 is 4.97. The van der Waals surface area contributed by atoms with Crippen molar-refractivity contribution in [1.29, 1.82) is 0 Å². The standard InChI is InChI=1S/C13H17NO2S2/c1-3-8-4-6-9(7-5-8)10-11(13(14)17)12(10)18(2,15)16/h4-7,10-12H,3H2,1-2H3,(H2,14,17). The number of hydrogen-bond acceptors (Lipinski definition) is 3. The van der Waals surface area contributed by atoms with Crippen LogP contribution in [-0.4, -0.2) is 24.9 Å². The van der Waals surface area contributed by atoms with Gasteiger partial charge >= 0.3 is 0 Å². The van der Waals surface area contributed by atoms with E-state index in [9.17, 15) is 8.42 Å². The average Bonchev–Trinajstić information content (AvgIpc) is 3.04. The van der Waals surface area contributed by atoms with Crippen LogP contribution < -0.4 is 5.73 Å². The minimum atomic E-state index is -3.10. The van der Waals surface area contributed by atoms with Crippen LogP contribution in [0.4, 0.5) is 0 Å². The third-order valence-electron chi connectivity index (χ3n) is 3.55. The molecule has 0 aromatic heterocycles. The quantitative estimate of drug-likeness (QED) is 0.854. The summed E-state index contributed by atoms with van der Waals surface area (Å²) in [6, 6.07) is 8.03. The molecule has 3 unspecified atom stereocenters. The molecule has 0 aliphatic heterocycles. The zero-order chi connectivity index (χ0) is 13.5. The molecule has 0 saturated heterocycles. The molecule has 1 aliphatic carbocycles. The Balaban J connectivity index is 2.30. The summed E-state index contributed by atoms with van der Waals surface area (Å²) in [7, 11) is -3.10. The van der Waals surface area contributed by atoms with Crippen molar-refractivity contribution >= 4 is 27.0 Å². The van der Waals surface area contributed by atoms with Crippen LogP contribution >= 0.6 is 12.2 Å². The summed E-state index contributed by atoms with van der Waals surface area (Å²) in [6.45, 7) is 2.09. The van der Waals surface area contributed by atoms with Crippen molar-refractivity contribution in [1.82, 2.24) is 0 Å². The van der Waals surface area contributed by atoms with Crippen molar-refractivity contribution in [2.24, 2.45) is 11.7 Å². The molecule has 1 fully saturated rings. The highest BCUT2D eigenvalue weighted by Crippen LogP contribution is 2.52. The van der Waals surface area contributed by atoms with Crippen LogP contribution in [-0.2, 0) is 16.3 Å². The van der Waals surface area contributed by atoms with E-state index in [1.165, 1.54) is 11.8 Å². The fourth-order valence-electron chi connectivity index (χ4n) is 2.53. The lowest BCUT2D eigenvalue weighted by atomic mass is 10.1.